The second-order valence-corrected chi connectivity index (χ2v) is 4.85. The predicted octanol–water partition coefficient (Wildman–Crippen LogP) is 1.61. The number of nitrogens with zero attached hydrogens (tertiary/aromatic N) is 1. The van der Waals surface area contributed by atoms with Crippen molar-refractivity contribution in [2.24, 2.45) is 0 Å². The molecule has 1 aromatic heterocycles. The molecule has 0 radical (unpaired) electrons. The molecular weight excluding hydrogens is 216 g/mol. The van der Waals surface area contributed by atoms with Gasteiger partial charge in [-0.1, -0.05) is 13.8 Å². The molecule has 0 bridgehead atoms. The van der Waals surface area contributed by atoms with Crippen molar-refractivity contribution in [1.29, 1.82) is 0 Å². The molecule has 1 N–H and O–H groups in total. The Labute approximate surface area is 103 Å². The maximum absolute atomic E-state index is 5.58. The Hall–Kier alpha value is -0.840. The van der Waals surface area contributed by atoms with Crippen LogP contribution in [0.4, 0.5) is 0 Å². The topological polar surface area (TPSA) is 37.6 Å². The molecule has 4 heteroatoms. The third-order valence-electron chi connectivity index (χ3n) is 2.91. The highest BCUT2D eigenvalue weighted by atomic mass is 16.5. The van der Waals surface area contributed by atoms with E-state index in [0.717, 1.165) is 45.2 Å². The van der Waals surface area contributed by atoms with Gasteiger partial charge in [0.2, 0.25) is 0 Å². The average Bonchev–Trinajstić information content (AvgIpc) is 2.75. The second-order valence-electron chi connectivity index (χ2n) is 4.85. The standard InChI is InChI=1S/C13H22N2O2/c1-11(2)14-8-12-7-13(17-10-12)9-15-3-5-16-6-4-15/h7,10-11,14H,3-6,8-9H2,1-2H3. The van der Waals surface area contributed by atoms with E-state index in [9.17, 15) is 0 Å². The number of rotatable bonds is 5. The maximum Gasteiger partial charge on any atom is 0.118 e. The summed E-state index contributed by atoms with van der Waals surface area (Å²) >= 11 is 0. The van der Waals surface area contributed by atoms with E-state index in [2.05, 4.69) is 30.1 Å². The van der Waals surface area contributed by atoms with Gasteiger partial charge in [-0.05, 0) is 6.07 Å². The van der Waals surface area contributed by atoms with E-state index >= 15 is 0 Å². The fourth-order valence-corrected chi connectivity index (χ4v) is 1.90. The molecule has 0 atom stereocenters. The number of hydrogen-bond donors (Lipinski definition) is 1. The van der Waals surface area contributed by atoms with Gasteiger partial charge < -0.3 is 14.5 Å². The third-order valence-corrected chi connectivity index (χ3v) is 2.91. The van der Waals surface area contributed by atoms with Gasteiger partial charge in [0.1, 0.15) is 5.76 Å². The lowest BCUT2D eigenvalue weighted by Gasteiger charge is -2.25. The average molecular weight is 238 g/mol. The first-order valence-electron chi connectivity index (χ1n) is 6.34. The van der Waals surface area contributed by atoms with Gasteiger partial charge in [-0.25, -0.2) is 0 Å². The van der Waals surface area contributed by atoms with E-state index in [0.29, 0.717) is 6.04 Å². The van der Waals surface area contributed by atoms with E-state index in [-0.39, 0.29) is 0 Å². The first kappa shape index (κ1) is 12.6. The highest BCUT2D eigenvalue weighted by Crippen LogP contribution is 2.11. The summed E-state index contributed by atoms with van der Waals surface area (Å²) in [7, 11) is 0. The molecule has 1 fully saturated rings. The maximum atomic E-state index is 5.58. The van der Waals surface area contributed by atoms with E-state index < -0.39 is 0 Å². The highest BCUT2D eigenvalue weighted by molar-refractivity contribution is 5.12. The van der Waals surface area contributed by atoms with Crippen LogP contribution in [0.3, 0.4) is 0 Å². The van der Waals surface area contributed by atoms with Gasteiger partial charge in [0.05, 0.1) is 26.0 Å². The summed E-state index contributed by atoms with van der Waals surface area (Å²) < 4.78 is 10.9. The number of ether oxygens (including phenoxy) is 1. The van der Waals surface area contributed by atoms with Gasteiger partial charge in [-0.15, -0.1) is 0 Å². The molecule has 2 rings (SSSR count). The molecule has 0 aromatic carbocycles. The molecular formula is C13H22N2O2. The van der Waals surface area contributed by atoms with E-state index in [1.807, 2.05) is 6.26 Å². The minimum atomic E-state index is 0.507. The third kappa shape index (κ3) is 4.15. The summed E-state index contributed by atoms with van der Waals surface area (Å²) in [6, 6.07) is 2.65. The SMILES string of the molecule is CC(C)NCc1coc(CN2CCOCC2)c1. The van der Waals surface area contributed by atoms with Crippen LogP contribution in [-0.4, -0.2) is 37.2 Å². The molecule has 17 heavy (non-hydrogen) atoms. The normalized spacial score (nSPS) is 17.8. The van der Waals surface area contributed by atoms with Gasteiger partial charge in [-0.3, -0.25) is 4.90 Å². The Bertz CT molecular complexity index is 330. The van der Waals surface area contributed by atoms with Crippen molar-refractivity contribution in [3.05, 3.63) is 23.7 Å². The molecule has 0 amide bonds. The Morgan fingerprint density at radius 2 is 2.12 bits per heavy atom. The highest BCUT2D eigenvalue weighted by Gasteiger charge is 2.12. The van der Waals surface area contributed by atoms with Gasteiger partial charge in [0.15, 0.2) is 0 Å². The van der Waals surface area contributed by atoms with Gasteiger partial charge >= 0.3 is 0 Å². The zero-order valence-corrected chi connectivity index (χ0v) is 10.7. The van der Waals surface area contributed by atoms with Crippen molar-refractivity contribution in [2.75, 3.05) is 26.3 Å². The van der Waals surface area contributed by atoms with Crippen LogP contribution in [0.2, 0.25) is 0 Å². The molecule has 1 aliphatic heterocycles. The smallest absolute Gasteiger partial charge is 0.118 e. The lowest BCUT2D eigenvalue weighted by Crippen LogP contribution is -2.35. The van der Waals surface area contributed by atoms with Crippen molar-refractivity contribution in [1.82, 2.24) is 10.2 Å². The van der Waals surface area contributed by atoms with Gasteiger partial charge in [0, 0.05) is 31.2 Å². The van der Waals surface area contributed by atoms with E-state index in [1.165, 1.54) is 5.56 Å². The van der Waals surface area contributed by atoms with E-state index in [1.54, 1.807) is 0 Å². The predicted molar refractivity (Wildman–Crippen MR) is 66.8 cm³/mol. The van der Waals surface area contributed by atoms with Crippen molar-refractivity contribution in [3.63, 3.8) is 0 Å². The zero-order chi connectivity index (χ0) is 12.1. The van der Waals surface area contributed by atoms with Crippen molar-refractivity contribution in [2.45, 2.75) is 33.0 Å². The largest absolute Gasteiger partial charge is 0.468 e. The molecule has 96 valence electrons. The number of nitrogens with one attached hydrogen (secondary N) is 1. The summed E-state index contributed by atoms with van der Waals surface area (Å²) in [5.74, 6) is 1.05. The lowest BCUT2D eigenvalue weighted by molar-refractivity contribution is 0.0313. The fraction of sp³-hybridized carbons (Fsp3) is 0.692. The van der Waals surface area contributed by atoms with Crippen LogP contribution >= 0.6 is 0 Å². The first-order valence-corrected chi connectivity index (χ1v) is 6.34. The molecule has 1 saturated heterocycles. The van der Waals surface area contributed by atoms with Gasteiger partial charge in [0.25, 0.3) is 0 Å². The second kappa shape index (κ2) is 6.19. The summed E-state index contributed by atoms with van der Waals surface area (Å²) in [6.45, 7) is 9.74. The Morgan fingerprint density at radius 1 is 1.35 bits per heavy atom. The van der Waals surface area contributed by atoms with Crippen LogP contribution < -0.4 is 5.32 Å². The van der Waals surface area contributed by atoms with Crippen LogP contribution in [0.5, 0.6) is 0 Å². The summed E-state index contributed by atoms with van der Waals surface area (Å²) in [5, 5.41) is 3.39. The molecule has 1 aliphatic rings. The Kier molecular flexibility index (Phi) is 4.59. The molecule has 0 aliphatic carbocycles. The molecule has 1 aromatic rings. The Morgan fingerprint density at radius 3 is 2.82 bits per heavy atom. The molecule has 4 nitrogen and oxygen atoms in total. The zero-order valence-electron chi connectivity index (χ0n) is 10.7. The van der Waals surface area contributed by atoms with Crippen LogP contribution in [0, 0.1) is 0 Å². The quantitative estimate of drug-likeness (QED) is 0.845. The fourth-order valence-electron chi connectivity index (χ4n) is 1.90. The summed E-state index contributed by atoms with van der Waals surface area (Å²) in [5.41, 5.74) is 1.22. The molecule has 0 spiro atoms. The molecule has 0 saturated carbocycles. The first-order chi connectivity index (χ1) is 8.24. The molecule has 2 heterocycles. The van der Waals surface area contributed by atoms with Crippen molar-refractivity contribution in [3.8, 4) is 0 Å². The van der Waals surface area contributed by atoms with Crippen LogP contribution in [0.1, 0.15) is 25.2 Å². The van der Waals surface area contributed by atoms with Crippen LogP contribution in [0.15, 0.2) is 16.7 Å². The minimum absolute atomic E-state index is 0.507. The van der Waals surface area contributed by atoms with Gasteiger partial charge in [-0.2, -0.15) is 0 Å². The number of hydrogen-bond acceptors (Lipinski definition) is 4. The number of morpholine rings is 1. The van der Waals surface area contributed by atoms with Crippen LogP contribution in [0.25, 0.3) is 0 Å². The van der Waals surface area contributed by atoms with Crippen LogP contribution in [-0.2, 0) is 17.8 Å². The monoisotopic (exact) mass is 238 g/mol. The minimum Gasteiger partial charge on any atom is -0.468 e. The molecule has 0 unspecified atom stereocenters. The Balaban J connectivity index is 1.80. The summed E-state index contributed by atoms with van der Waals surface area (Å²) in [6.07, 6.45) is 1.85. The van der Waals surface area contributed by atoms with Crippen molar-refractivity contribution >= 4 is 0 Å². The summed E-state index contributed by atoms with van der Waals surface area (Å²) in [4.78, 5) is 2.36. The van der Waals surface area contributed by atoms with Crippen molar-refractivity contribution < 1.29 is 9.15 Å². The van der Waals surface area contributed by atoms with E-state index in [4.69, 9.17) is 9.15 Å². The lowest BCUT2D eigenvalue weighted by atomic mass is 10.2. The number of furan rings is 1.